The van der Waals surface area contributed by atoms with Crippen LogP contribution < -0.4 is 11.5 Å². The lowest BCUT2D eigenvalue weighted by molar-refractivity contribution is 0.0399. The number of anilines is 1. The third-order valence-corrected chi connectivity index (χ3v) is 3.73. The molecule has 5 N–H and O–H groups in total. The van der Waals surface area contributed by atoms with Crippen molar-refractivity contribution in [3.05, 3.63) is 16.3 Å². The van der Waals surface area contributed by atoms with Crippen molar-refractivity contribution in [1.82, 2.24) is 4.90 Å². The number of aliphatic hydroxyl groups excluding tert-OH is 1. The molecule has 0 radical (unpaired) electrons. The third kappa shape index (κ3) is 2.04. The topological polar surface area (TPSA) is 92.6 Å². The molecule has 16 heavy (non-hydrogen) atoms. The van der Waals surface area contributed by atoms with Gasteiger partial charge < -0.3 is 21.5 Å². The minimum Gasteiger partial charge on any atom is -0.397 e. The summed E-state index contributed by atoms with van der Waals surface area (Å²) in [6.45, 7) is 0.867. The van der Waals surface area contributed by atoms with Gasteiger partial charge in [-0.3, -0.25) is 4.79 Å². The van der Waals surface area contributed by atoms with E-state index >= 15 is 0 Å². The number of nitrogens with zero attached hydrogens (tertiary/aromatic N) is 1. The van der Waals surface area contributed by atoms with E-state index in [4.69, 9.17) is 11.5 Å². The molecular weight excluding hydrogens is 226 g/mol. The molecule has 0 saturated carbocycles. The van der Waals surface area contributed by atoms with Crippen molar-refractivity contribution in [1.29, 1.82) is 0 Å². The predicted molar refractivity (Wildman–Crippen MR) is 63.2 cm³/mol. The van der Waals surface area contributed by atoms with E-state index in [0.29, 0.717) is 23.5 Å². The number of hydrogen-bond donors (Lipinski definition) is 3. The average molecular weight is 241 g/mol. The van der Waals surface area contributed by atoms with Crippen molar-refractivity contribution in [3.63, 3.8) is 0 Å². The number of likely N-dealkylation sites (tertiary alicyclic amines) is 1. The Morgan fingerprint density at radius 1 is 1.62 bits per heavy atom. The summed E-state index contributed by atoms with van der Waals surface area (Å²) < 4.78 is 0. The molecule has 1 aromatic heterocycles. The van der Waals surface area contributed by atoms with Crippen LogP contribution in [0.4, 0.5) is 5.69 Å². The van der Waals surface area contributed by atoms with Crippen LogP contribution in [-0.4, -0.2) is 41.1 Å². The Morgan fingerprint density at radius 3 is 2.94 bits per heavy atom. The lowest BCUT2D eigenvalue weighted by Crippen LogP contribution is -2.52. The van der Waals surface area contributed by atoms with Crippen LogP contribution in [0.3, 0.4) is 0 Å². The van der Waals surface area contributed by atoms with Crippen LogP contribution in [0.2, 0.25) is 0 Å². The lowest BCUT2D eigenvalue weighted by Gasteiger charge is -2.33. The maximum atomic E-state index is 12.0. The molecule has 1 aromatic rings. The normalized spacial score (nSPS) is 25.8. The highest BCUT2D eigenvalue weighted by atomic mass is 32.1. The van der Waals surface area contributed by atoms with E-state index in [9.17, 15) is 9.90 Å². The van der Waals surface area contributed by atoms with Gasteiger partial charge in [-0.2, -0.15) is 0 Å². The molecule has 0 aliphatic carbocycles. The molecule has 5 nitrogen and oxygen atoms in total. The first-order valence-corrected chi connectivity index (χ1v) is 6.03. The molecule has 1 saturated heterocycles. The Bertz CT molecular complexity index is 393. The highest BCUT2D eigenvalue weighted by molar-refractivity contribution is 7.12. The largest absolute Gasteiger partial charge is 0.397 e. The molecule has 88 valence electrons. The van der Waals surface area contributed by atoms with Gasteiger partial charge in [-0.05, 0) is 17.9 Å². The van der Waals surface area contributed by atoms with Crippen molar-refractivity contribution in [2.75, 3.05) is 18.8 Å². The van der Waals surface area contributed by atoms with E-state index < -0.39 is 6.10 Å². The first-order valence-electron chi connectivity index (χ1n) is 5.15. The van der Waals surface area contributed by atoms with Gasteiger partial charge >= 0.3 is 0 Å². The number of nitrogens with two attached hydrogens (primary N) is 2. The zero-order valence-electron chi connectivity index (χ0n) is 8.80. The van der Waals surface area contributed by atoms with E-state index in [1.807, 2.05) is 0 Å². The van der Waals surface area contributed by atoms with Gasteiger partial charge in [0.15, 0.2) is 0 Å². The Morgan fingerprint density at radius 2 is 2.38 bits per heavy atom. The number of thiophene rings is 1. The molecule has 0 unspecified atom stereocenters. The summed E-state index contributed by atoms with van der Waals surface area (Å²) in [4.78, 5) is 14.2. The van der Waals surface area contributed by atoms with Gasteiger partial charge in [0.2, 0.25) is 0 Å². The van der Waals surface area contributed by atoms with Crippen LogP contribution in [-0.2, 0) is 0 Å². The van der Waals surface area contributed by atoms with Gasteiger partial charge in [-0.1, -0.05) is 0 Å². The summed E-state index contributed by atoms with van der Waals surface area (Å²) >= 11 is 1.32. The quantitative estimate of drug-likeness (QED) is 0.638. The molecular formula is C10H15N3O2S. The van der Waals surface area contributed by atoms with Crippen molar-refractivity contribution in [3.8, 4) is 0 Å². The molecule has 6 heteroatoms. The van der Waals surface area contributed by atoms with Crippen LogP contribution in [0, 0.1) is 0 Å². The number of β-amino-alcohol motifs (C(OH)–C–C–N with tert-alkyl or cyclic N) is 1. The summed E-state index contributed by atoms with van der Waals surface area (Å²) in [5, 5.41) is 11.4. The van der Waals surface area contributed by atoms with Gasteiger partial charge in [-0.15, -0.1) is 11.3 Å². The van der Waals surface area contributed by atoms with Crippen molar-refractivity contribution >= 4 is 22.9 Å². The van der Waals surface area contributed by atoms with E-state index in [1.165, 1.54) is 11.3 Å². The van der Waals surface area contributed by atoms with E-state index in [1.54, 1.807) is 16.3 Å². The fourth-order valence-corrected chi connectivity index (χ4v) is 2.56. The number of aliphatic hydroxyl groups is 1. The molecule has 1 fully saturated rings. The molecule has 1 aliphatic rings. The second kappa shape index (κ2) is 4.40. The molecule has 2 rings (SSSR count). The molecule has 0 spiro atoms. The van der Waals surface area contributed by atoms with Gasteiger partial charge in [0.25, 0.3) is 5.91 Å². The second-order valence-electron chi connectivity index (χ2n) is 3.98. The van der Waals surface area contributed by atoms with Gasteiger partial charge in [0.05, 0.1) is 11.8 Å². The number of nitrogen functional groups attached to an aromatic ring is 1. The average Bonchev–Trinajstić information content (AvgIpc) is 2.67. The molecule has 1 aliphatic heterocycles. The van der Waals surface area contributed by atoms with Crippen molar-refractivity contribution < 1.29 is 9.90 Å². The number of hydrogen-bond acceptors (Lipinski definition) is 5. The predicted octanol–water partition coefficient (Wildman–Crippen LogP) is -0.136. The number of rotatable bonds is 1. The van der Waals surface area contributed by atoms with E-state index in [0.717, 1.165) is 0 Å². The maximum absolute atomic E-state index is 12.0. The maximum Gasteiger partial charge on any atom is 0.266 e. The van der Waals surface area contributed by atoms with Gasteiger partial charge in [-0.25, -0.2) is 0 Å². The first kappa shape index (κ1) is 11.4. The summed E-state index contributed by atoms with van der Waals surface area (Å²) in [6, 6.07) is 1.48. The molecule has 1 amide bonds. The Labute approximate surface area is 97.7 Å². The van der Waals surface area contributed by atoms with E-state index in [-0.39, 0.29) is 18.5 Å². The molecule has 2 heterocycles. The van der Waals surface area contributed by atoms with Crippen molar-refractivity contribution in [2.45, 2.75) is 18.6 Å². The zero-order valence-corrected chi connectivity index (χ0v) is 9.61. The fourth-order valence-electron chi connectivity index (χ4n) is 1.77. The number of carbonyl (C=O) groups is 1. The Hall–Kier alpha value is -1.11. The fraction of sp³-hybridized carbons (Fsp3) is 0.500. The number of carbonyl (C=O) groups excluding carboxylic acids is 1. The van der Waals surface area contributed by atoms with Crippen LogP contribution in [0.25, 0.3) is 0 Å². The Kier molecular flexibility index (Phi) is 3.13. The second-order valence-corrected chi connectivity index (χ2v) is 4.89. The highest BCUT2D eigenvalue weighted by Crippen LogP contribution is 2.22. The first-order chi connectivity index (χ1) is 7.59. The zero-order chi connectivity index (χ0) is 11.7. The van der Waals surface area contributed by atoms with Crippen LogP contribution in [0.15, 0.2) is 11.4 Å². The minimum absolute atomic E-state index is 0.113. The number of amides is 1. The highest BCUT2D eigenvalue weighted by Gasteiger charge is 2.29. The van der Waals surface area contributed by atoms with Crippen LogP contribution >= 0.6 is 11.3 Å². The monoisotopic (exact) mass is 241 g/mol. The SMILES string of the molecule is Nc1ccsc1C(=O)N1CC[C@@H](N)[C@H](O)C1. The van der Waals surface area contributed by atoms with E-state index in [2.05, 4.69) is 0 Å². The van der Waals surface area contributed by atoms with Crippen LogP contribution in [0.5, 0.6) is 0 Å². The molecule has 0 aromatic carbocycles. The van der Waals surface area contributed by atoms with Crippen LogP contribution in [0.1, 0.15) is 16.1 Å². The smallest absolute Gasteiger partial charge is 0.266 e. The van der Waals surface area contributed by atoms with Crippen molar-refractivity contribution in [2.24, 2.45) is 5.73 Å². The lowest BCUT2D eigenvalue weighted by atomic mass is 10.0. The molecule has 0 bridgehead atoms. The standard InChI is InChI=1S/C10H15N3O2S/c11-6-1-3-13(5-8(6)14)10(15)9-7(12)2-4-16-9/h2,4,6,8,14H,1,3,5,11-12H2/t6-,8-/m1/s1. The van der Waals surface area contributed by atoms with Gasteiger partial charge in [0.1, 0.15) is 4.88 Å². The third-order valence-electron chi connectivity index (χ3n) is 2.81. The minimum atomic E-state index is -0.640. The summed E-state index contributed by atoms with van der Waals surface area (Å²) in [5.74, 6) is -0.113. The Balaban J connectivity index is 2.09. The number of piperidine rings is 1. The van der Waals surface area contributed by atoms with Gasteiger partial charge in [0, 0.05) is 19.1 Å². The summed E-state index contributed by atoms with van der Waals surface area (Å²) in [7, 11) is 0. The summed E-state index contributed by atoms with van der Waals surface area (Å²) in [6.07, 6.45) is -0.0167. The summed E-state index contributed by atoms with van der Waals surface area (Å²) in [5.41, 5.74) is 11.9. The molecule has 2 atom stereocenters.